The fourth-order valence-corrected chi connectivity index (χ4v) is 1.56. The Balaban J connectivity index is 2.89. The van der Waals surface area contributed by atoms with Crippen molar-refractivity contribution in [2.24, 2.45) is 0 Å². The Morgan fingerprint density at radius 3 is 2.85 bits per heavy atom. The Hall–Kier alpha value is -0.900. The van der Waals surface area contributed by atoms with Crippen LogP contribution in [-0.4, -0.2) is 10.9 Å². The largest absolute Gasteiger partial charge is 0.311 e. The van der Waals surface area contributed by atoms with Crippen LogP contribution in [0.5, 0.6) is 0 Å². The van der Waals surface area contributed by atoms with Crippen LogP contribution in [0.1, 0.15) is 18.1 Å². The molecule has 1 heterocycles. The molecule has 0 atom stereocenters. The summed E-state index contributed by atoms with van der Waals surface area (Å²) in [6, 6.07) is 1.86. The summed E-state index contributed by atoms with van der Waals surface area (Å²) in [5.41, 5.74) is 2.25. The number of alkyl halides is 1. The third-order valence-corrected chi connectivity index (χ3v) is 2.27. The summed E-state index contributed by atoms with van der Waals surface area (Å²) in [5.74, 6) is 0.508. The first-order chi connectivity index (χ1) is 6.13. The number of aromatic nitrogens is 1. The molecule has 1 aromatic rings. The molecule has 0 bridgehead atoms. The Bertz CT molecular complexity index is 325. The number of nitrogens with one attached hydrogen (secondary N) is 1. The SMILES string of the molecule is CC(=O)Nc1cc(C)c(CBr)cn1. The van der Waals surface area contributed by atoms with Gasteiger partial charge in [0, 0.05) is 18.5 Å². The van der Waals surface area contributed by atoms with Crippen molar-refractivity contribution < 1.29 is 4.79 Å². The smallest absolute Gasteiger partial charge is 0.222 e. The molecule has 0 aromatic carbocycles. The second kappa shape index (κ2) is 4.37. The number of rotatable bonds is 2. The van der Waals surface area contributed by atoms with Crippen molar-refractivity contribution in [1.82, 2.24) is 4.98 Å². The van der Waals surface area contributed by atoms with Gasteiger partial charge in [-0.05, 0) is 24.1 Å². The maximum atomic E-state index is 10.7. The molecule has 3 nitrogen and oxygen atoms in total. The van der Waals surface area contributed by atoms with Crippen LogP contribution >= 0.6 is 15.9 Å². The lowest BCUT2D eigenvalue weighted by atomic mass is 10.2. The van der Waals surface area contributed by atoms with E-state index in [0.29, 0.717) is 5.82 Å². The highest BCUT2D eigenvalue weighted by atomic mass is 79.9. The number of carbonyl (C=O) groups excluding carboxylic acids is 1. The lowest BCUT2D eigenvalue weighted by Gasteiger charge is -2.04. The predicted octanol–water partition coefficient (Wildman–Crippen LogP) is 2.24. The lowest BCUT2D eigenvalue weighted by Crippen LogP contribution is -2.07. The molecule has 1 aromatic heterocycles. The summed E-state index contributed by atoms with van der Waals surface area (Å²) in [6.07, 6.45) is 1.76. The van der Waals surface area contributed by atoms with Crippen LogP contribution in [0.2, 0.25) is 0 Å². The standard InChI is InChI=1S/C9H11BrN2O/c1-6-3-9(12-7(2)13)11-5-8(6)4-10/h3,5H,4H2,1-2H3,(H,11,12,13). The van der Waals surface area contributed by atoms with Gasteiger partial charge in [-0.3, -0.25) is 4.79 Å². The van der Waals surface area contributed by atoms with Gasteiger partial charge in [0.2, 0.25) is 5.91 Å². The van der Waals surface area contributed by atoms with Gasteiger partial charge in [-0.15, -0.1) is 0 Å². The molecule has 0 aliphatic carbocycles. The predicted molar refractivity (Wildman–Crippen MR) is 55.9 cm³/mol. The zero-order chi connectivity index (χ0) is 9.84. The topological polar surface area (TPSA) is 42.0 Å². The van der Waals surface area contributed by atoms with Gasteiger partial charge in [0.1, 0.15) is 5.82 Å². The molecular formula is C9H11BrN2O. The molecule has 1 amide bonds. The lowest BCUT2D eigenvalue weighted by molar-refractivity contribution is -0.114. The van der Waals surface area contributed by atoms with Crippen LogP contribution in [0.25, 0.3) is 0 Å². The van der Waals surface area contributed by atoms with E-state index >= 15 is 0 Å². The minimum atomic E-state index is -0.0986. The highest BCUT2D eigenvalue weighted by molar-refractivity contribution is 9.08. The van der Waals surface area contributed by atoms with Crippen LogP contribution in [0.4, 0.5) is 5.82 Å². The van der Waals surface area contributed by atoms with Crippen molar-refractivity contribution in [3.05, 3.63) is 23.4 Å². The summed E-state index contributed by atoms with van der Waals surface area (Å²) >= 11 is 3.36. The molecule has 1 N–H and O–H groups in total. The Labute approximate surface area is 85.7 Å². The second-order valence-corrected chi connectivity index (χ2v) is 3.37. The second-order valence-electron chi connectivity index (χ2n) is 2.81. The van der Waals surface area contributed by atoms with E-state index in [0.717, 1.165) is 16.5 Å². The Kier molecular flexibility index (Phi) is 3.42. The fourth-order valence-electron chi connectivity index (χ4n) is 0.973. The number of carbonyl (C=O) groups is 1. The van der Waals surface area contributed by atoms with E-state index in [-0.39, 0.29) is 5.91 Å². The monoisotopic (exact) mass is 242 g/mol. The number of anilines is 1. The number of halogens is 1. The van der Waals surface area contributed by atoms with E-state index in [9.17, 15) is 4.79 Å². The molecule has 0 saturated carbocycles. The van der Waals surface area contributed by atoms with Crippen LogP contribution in [-0.2, 0) is 10.1 Å². The van der Waals surface area contributed by atoms with E-state index in [1.165, 1.54) is 6.92 Å². The summed E-state index contributed by atoms with van der Waals surface area (Å²) in [6.45, 7) is 3.46. The van der Waals surface area contributed by atoms with Gasteiger partial charge in [-0.2, -0.15) is 0 Å². The maximum absolute atomic E-state index is 10.7. The number of nitrogens with zero attached hydrogens (tertiary/aromatic N) is 1. The average Bonchev–Trinajstić information content (AvgIpc) is 2.03. The Morgan fingerprint density at radius 1 is 1.69 bits per heavy atom. The first-order valence-electron chi connectivity index (χ1n) is 3.92. The van der Waals surface area contributed by atoms with Crippen molar-refractivity contribution in [2.75, 3.05) is 5.32 Å². The molecule has 0 fully saturated rings. The first-order valence-corrected chi connectivity index (χ1v) is 5.04. The zero-order valence-corrected chi connectivity index (χ0v) is 9.18. The molecule has 0 radical (unpaired) electrons. The average molecular weight is 243 g/mol. The van der Waals surface area contributed by atoms with Crippen LogP contribution < -0.4 is 5.32 Å². The highest BCUT2D eigenvalue weighted by Gasteiger charge is 2.00. The van der Waals surface area contributed by atoms with Gasteiger partial charge in [0.15, 0.2) is 0 Å². The highest BCUT2D eigenvalue weighted by Crippen LogP contribution is 2.14. The fraction of sp³-hybridized carbons (Fsp3) is 0.333. The number of aryl methyl sites for hydroxylation is 1. The van der Waals surface area contributed by atoms with Crippen molar-refractivity contribution in [3.63, 3.8) is 0 Å². The van der Waals surface area contributed by atoms with Crippen LogP contribution in [0.3, 0.4) is 0 Å². The summed E-state index contributed by atoms with van der Waals surface area (Å²) in [5, 5.41) is 3.42. The van der Waals surface area contributed by atoms with Crippen molar-refractivity contribution in [3.8, 4) is 0 Å². The summed E-state index contributed by atoms with van der Waals surface area (Å²) in [7, 11) is 0. The summed E-state index contributed by atoms with van der Waals surface area (Å²) in [4.78, 5) is 14.8. The molecule has 13 heavy (non-hydrogen) atoms. The van der Waals surface area contributed by atoms with Gasteiger partial charge >= 0.3 is 0 Å². The maximum Gasteiger partial charge on any atom is 0.222 e. The van der Waals surface area contributed by atoms with Gasteiger partial charge in [-0.1, -0.05) is 15.9 Å². The molecular weight excluding hydrogens is 232 g/mol. The van der Waals surface area contributed by atoms with Gasteiger partial charge in [-0.25, -0.2) is 4.98 Å². The van der Waals surface area contributed by atoms with Crippen LogP contribution in [0, 0.1) is 6.92 Å². The third kappa shape index (κ3) is 2.81. The van der Waals surface area contributed by atoms with Gasteiger partial charge in [0.25, 0.3) is 0 Å². The van der Waals surface area contributed by atoms with Gasteiger partial charge < -0.3 is 5.32 Å². The molecule has 4 heteroatoms. The number of pyridine rings is 1. The normalized spacial score (nSPS) is 9.77. The minimum absolute atomic E-state index is 0.0986. The number of hydrogen-bond acceptors (Lipinski definition) is 2. The first kappa shape index (κ1) is 10.2. The number of amides is 1. The van der Waals surface area contributed by atoms with Crippen molar-refractivity contribution >= 4 is 27.7 Å². The zero-order valence-electron chi connectivity index (χ0n) is 7.60. The minimum Gasteiger partial charge on any atom is -0.311 e. The van der Waals surface area contributed by atoms with E-state index in [1.807, 2.05) is 13.0 Å². The molecule has 0 spiro atoms. The quantitative estimate of drug-likeness (QED) is 0.809. The molecule has 0 unspecified atom stereocenters. The molecule has 0 aliphatic heterocycles. The van der Waals surface area contributed by atoms with E-state index in [4.69, 9.17) is 0 Å². The van der Waals surface area contributed by atoms with E-state index in [2.05, 4.69) is 26.2 Å². The van der Waals surface area contributed by atoms with Gasteiger partial charge in [0.05, 0.1) is 0 Å². The third-order valence-electron chi connectivity index (χ3n) is 1.67. The molecule has 0 aliphatic rings. The summed E-state index contributed by atoms with van der Waals surface area (Å²) < 4.78 is 0. The molecule has 70 valence electrons. The number of hydrogen-bond donors (Lipinski definition) is 1. The Morgan fingerprint density at radius 2 is 2.38 bits per heavy atom. The van der Waals surface area contributed by atoms with Crippen molar-refractivity contribution in [1.29, 1.82) is 0 Å². The van der Waals surface area contributed by atoms with Crippen molar-refractivity contribution in [2.45, 2.75) is 19.2 Å². The van der Waals surface area contributed by atoms with E-state index in [1.54, 1.807) is 6.20 Å². The van der Waals surface area contributed by atoms with Crippen LogP contribution in [0.15, 0.2) is 12.3 Å². The molecule has 0 saturated heterocycles. The molecule has 1 rings (SSSR count). The van der Waals surface area contributed by atoms with E-state index < -0.39 is 0 Å².